The standard InChI is InChI=1S/C19H20FN3O4/c1-22-11-14(10-21-22)17-12-23(15-3-5-16(6-4-15)27-13-20)19(24)9-18(17)26-8-7-25-2/h3-6,9-12H,7-8,13H2,1-2H3. The van der Waals surface area contributed by atoms with Crippen LogP contribution >= 0.6 is 0 Å². The van der Waals surface area contributed by atoms with Crippen LogP contribution in [0.15, 0.2) is 53.7 Å². The van der Waals surface area contributed by atoms with Gasteiger partial charge in [0.1, 0.15) is 18.1 Å². The maximum atomic E-state index is 12.6. The number of methoxy groups -OCH3 is 1. The van der Waals surface area contributed by atoms with Crippen molar-refractivity contribution in [2.24, 2.45) is 7.05 Å². The van der Waals surface area contributed by atoms with Crippen LogP contribution in [-0.4, -0.2) is 41.5 Å². The molecule has 0 atom stereocenters. The Balaban J connectivity index is 2.03. The van der Waals surface area contributed by atoms with E-state index in [0.717, 1.165) is 11.1 Å². The van der Waals surface area contributed by atoms with Crippen LogP contribution in [-0.2, 0) is 11.8 Å². The maximum Gasteiger partial charge on any atom is 0.258 e. The first kappa shape index (κ1) is 18.7. The molecule has 0 saturated heterocycles. The lowest BCUT2D eigenvalue weighted by atomic mass is 10.1. The van der Waals surface area contributed by atoms with Gasteiger partial charge in [0.15, 0.2) is 0 Å². The lowest BCUT2D eigenvalue weighted by molar-refractivity contribution is 0.146. The van der Waals surface area contributed by atoms with Gasteiger partial charge in [-0.25, -0.2) is 4.39 Å². The Kier molecular flexibility index (Phi) is 5.87. The molecule has 0 radical (unpaired) electrons. The average molecular weight is 373 g/mol. The fraction of sp³-hybridized carbons (Fsp3) is 0.263. The summed E-state index contributed by atoms with van der Waals surface area (Å²) in [5.41, 5.74) is 1.91. The minimum absolute atomic E-state index is 0.255. The number of rotatable bonds is 8. The molecular weight excluding hydrogens is 353 g/mol. The summed E-state index contributed by atoms with van der Waals surface area (Å²) in [4.78, 5) is 12.6. The first-order chi connectivity index (χ1) is 13.1. The SMILES string of the molecule is COCCOc1cc(=O)n(-c2ccc(OCF)cc2)cc1-c1cnn(C)c1. The molecule has 0 spiro atoms. The maximum absolute atomic E-state index is 12.6. The zero-order chi connectivity index (χ0) is 19.2. The summed E-state index contributed by atoms with van der Waals surface area (Å²) >= 11 is 0. The van der Waals surface area contributed by atoms with Crippen molar-refractivity contribution in [3.8, 4) is 28.3 Å². The Bertz CT molecular complexity index is 950. The van der Waals surface area contributed by atoms with Gasteiger partial charge in [-0.3, -0.25) is 14.0 Å². The van der Waals surface area contributed by atoms with Crippen LogP contribution in [0.5, 0.6) is 11.5 Å². The third kappa shape index (κ3) is 4.35. The molecule has 0 aliphatic heterocycles. The van der Waals surface area contributed by atoms with Crippen molar-refractivity contribution in [3.63, 3.8) is 0 Å². The highest BCUT2D eigenvalue weighted by Gasteiger charge is 2.13. The molecule has 0 unspecified atom stereocenters. The molecule has 27 heavy (non-hydrogen) atoms. The van der Waals surface area contributed by atoms with Crippen LogP contribution in [0.1, 0.15) is 0 Å². The Morgan fingerprint density at radius 1 is 1.11 bits per heavy atom. The molecule has 0 bridgehead atoms. The zero-order valence-corrected chi connectivity index (χ0v) is 15.1. The second kappa shape index (κ2) is 8.50. The monoisotopic (exact) mass is 373 g/mol. The molecule has 2 heterocycles. The number of aromatic nitrogens is 3. The molecule has 2 aromatic heterocycles. The van der Waals surface area contributed by atoms with Gasteiger partial charge in [-0.05, 0) is 24.3 Å². The van der Waals surface area contributed by atoms with E-state index in [2.05, 4.69) is 5.10 Å². The van der Waals surface area contributed by atoms with Gasteiger partial charge in [-0.15, -0.1) is 0 Å². The van der Waals surface area contributed by atoms with Gasteiger partial charge < -0.3 is 14.2 Å². The zero-order valence-electron chi connectivity index (χ0n) is 15.1. The van der Waals surface area contributed by atoms with Crippen molar-refractivity contribution in [2.45, 2.75) is 0 Å². The number of halogens is 1. The van der Waals surface area contributed by atoms with Crippen LogP contribution in [0, 0.1) is 0 Å². The third-order valence-electron chi connectivity index (χ3n) is 3.91. The van der Waals surface area contributed by atoms with Crippen molar-refractivity contribution in [1.29, 1.82) is 0 Å². The molecule has 142 valence electrons. The molecule has 3 aromatic rings. The molecule has 1 aromatic carbocycles. The highest BCUT2D eigenvalue weighted by atomic mass is 19.1. The van der Waals surface area contributed by atoms with Gasteiger partial charge in [0.25, 0.3) is 5.56 Å². The lowest BCUT2D eigenvalue weighted by Gasteiger charge is -2.14. The van der Waals surface area contributed by atoms with Gasteiger partial charge in [-0.1, -0.05) is 0 Å². The van der Waals surface area contributed by atoms with E-state index in [-0.39, 0.29) is 5.56 Å². The van der Waals surface area contributed by atoms with Crippen molar-refractivity contribution in [2.75, 3.05) is 27.2 Å². The first-order valence-electron chi connectivity index (χ1n) is 8.29. The molecule has 8 heteroatoms. The van der Waals surface area contributed by atoms with E-state index in [9.17, 15) is 9.18 Å². The minimum Gasteiger partial charge on any atom is -0.490 e. The van der Waals surface area contributed by atoms with Crippen molar-refractivity contribution >= 4 is 0 Å². The van der Waals surface area contributed by atoms with E-state index in [4.69, 9.17) is 14.2 Å². The minimum atomic E-state index is -0.905. The molecule has 7 nitrogen and oxygen atoms in total. The summed E-state index contributed by atoms with van der Waals surface area (Å²) in [5.74, 6) is 0.847. The van der Waals surface area contributed by atoms with Crippen LogP contribution in [0.4, 0.5) is 4.39 Å². The molecule has 0 saturated carbocycles. The normalized spacial score (nSPS) is 10.8. The second-order valence-corrected chi connectivity index (χ2v) is 5.75. The van der Waals surface area contributed by atoms with E-state index in [1.54, 1.807) is 48.5 Å². The highest BCUT2D eigenvalue weighted by Crippen LogP contribution is 2.29. The highest BCUT2D eigenvalue weighted by molar-refractivity contribution is 5.68. The summed E-state index contributed by atoms with van der Waals surface area (Å²) in [6.07, 6.45) is 5.24. The number of aryl methyl sites for hydroxylation is 1. The summed E-state index contributed by atoms with van der Waals surface area (Å²) in [7, 11) is 3.40. The summed E-state index contributed by atoms with van der Waals surface area (Å²) in [6.45, 7) is -0.175. The Morgan fingerprint density at radius 3 is 2.52 bits per heavy atom. The van der Waals surface area contributed by atoms with E-state index in [1.165, 1.54) is 10.6 Å². The lowest BCUT2D eigenvalue weighted by Crippen LogP contribution is -2.18. The van der Waals surface area contributed by atoms with Crippen LogP contribution in [0.2, 0.25) is 0 Å². The number of pyridine rings is 1. The molecular formula is C19H20FN3O4. The van der Waals surface area contributed by atoms with Crippen LogP contribution in [0.25, 0.3) is 16.8 Å². The van der Waals surface area contributed by atoms with E-state index >= 15 is 0 Å². The van der Waals surface area contributed by atoms with Crippen LogP contribution in [0.3, 0.4) is 0 Å². The number of hydrogen-bond acceptors (Lipinski definition) is 5. The molecule has 3 rings (SSSR count). The van der Waals surface area contributed by atoms with Gasteiger partial charge in [0.05, 0.1) is 12.8 Å². The second-order valence-electron chi connectivity index (χ2n) is 5.75. The molecule has 0 amide bonds. The predicted octanol–water partition coefficient (Wildman–Crippen LogP) is 2.57. The molecule has 0 aliphatic carbocycles. The molecule has 0 aliphatic rings. The quantitative estimate of drug-likeness (QED) is 0.568. The third-order valence-corrected chi connectivity index (χ3v) is 3.91. The van der Waals surface area contributed by atoms with Crippen molar-refractivity contribution in [1.82, 2.24) is 14.3 Å². The van der Waals surface area contributed by atoms with E-state index < -0.39 is 6.86 Å². The Morgan fingerprint density at radius 2 is 1.89 bits per heavy atom. The topological polar surface area (TPSA) is 67.5 Å². The number of ether oxygens (including phenoxy) is 3. The van der Waals surface area contributed by atoms with Crippen molar-refractivity contribution in [3.05, 3.63) is 59.3 Å². The van der Waals surface area contributed by atoms with Gasteiger partial charge in [-0.2, -0.15) is 5.10 Å². The average Bonchev–Trinajstić information content (AvgIpc) is 3.09. The molecule has 0 N–H and O–H groups in total. The van der Waals surface area contributed by atoms with Gasteiger partial charge in [0, 0.05) is 49.4 Å². The predicted molar refractivity (Wildman–Crippen MR) is 98.2 cm³/mol. The fourth-order valence-electron chi connectivity index (χ4n) is 2.61. The first-order valence-corrected chi connectivity index (χ1v) is 8.29. The number of hydrogen-bond donors (Lipinski definition) is 0. The Labute approximate surface area is 155 Å². The van der Waals surface area contributed by atoms with Crippen molar-refractivity contribution < 1.29 is 18.6 Å². The molecule has 0 fully saturated rings. The summed E-state index contributed by atoms with van der Waals surface area (Å²) in [5, 5.41) is 4.18. The Hall–Kier alpha value is -3.13. The van der Waals surface area contributed by atoms with E-state index in [0.29, 0.717) is 30.4 Å². The fourth-order valence-corrected chi connectivity index (χ4v) is 2.61. The number of alkyl halides is 1. The smallest absolute Gasteiger partial charge is 0.258 e. The number of nitrogens with zero attached hydrogens (tertiary/aromatic N) is 3. The largest absolute Gasteiger partial charge is 0.490 e. The van der Waals surface area contributed by atoms with Crippen LogP contribution < -0.4 is 15.0 Å². The number of benzene rings is 1. The van der Waals surface area contributed by atoms with E-state index in [1.807, 2.05) is 13.2 Å². The van der Waals surface area contributed by atoms with Gasteiger partial charge in [0.2, 0.25) is 6.86 Å². The van der Waals surface area contributed by atoms with Gasteiger partial charge >= 0.3 is 0 Å². The summed E-state index contributed by atoms with van der Waals surface area (Å²) < 4.78 is 31.0. The summed E-state index contributed by atoms with van der Waals surface area (Å²) in [6, 6.07) is 8.02.